The van der Waals surface area contributed by atoms with E-state index < -0.39 is 11.7 Å². The van der Waals surface area contributed by atoms with Crippen molar-refractivity contribution in [3.63, 3.8) is 0 Å². The van der Waals surface area contributed by atoms with Gasteiger partial charge in [0, 0.05) is 10.1 Å². The molecule has 1 rings (SSSR count). The maximum absolute atomic E-state index is 11.7. The number of ether oxygens (including phenoxy) is 1. The third-order valence-corrected chi connectivity index (χ3v) is 2.99. The third kappa shape index (κ3) is 5.92. The van der Waals surface area contributed by atoms with Gasteiger partial charge in [-0.25, -0.2) is 9.69 Å². The predicted molar refractivity (Wildman–Crippen MR) is 81.4 cm³/mol. The van der Waals surface area contributed by atoms with Crippen LogP contribution in [0.1, 0.15) is 26.3 Å². The maximum Gasteiger partial charge on any atom is 0.423 e. The lowest BCUT2D eigenvalue weighted by Crippen LogP contribution is -2.35. The zero-order valence-electron chi connectivity index (χ0n) is 11.3. The standard InChI is InChI=1S/C14H17IN2O2/c1-14(2,3)19-13(18)17(10-16)9-8-11-4-6-12(15)7-5-11/h4-7H,8-9H2,1-3H3. The largest absolute Gasteiger partial charge is 0.443 e. The van der Waals surface area contributed by atoms with Crippen LogP contribution >= 0.6 is 22.6 Å². The summed E-state index contributed by atoms with van der Waals surface area (Å²) in [6.07, 6.45) is 1.90. The fourth-order valence-electron chi connectivity index (χ4n) is 1.39. The summed E-state index contributed by atoms with van der Waals surface area (Å²) in [5.74, 6) is 0. The highest BCUT2D eigenvalue weighted by atomic mass is 127. The van der Waals surface area contributed by atoms with E-state index in [2.05, 4.69) is 22.6 Å². The number of rotatable bonds is 3. The summed E-state index contributed by atoms with van der Waals surface area (Å²) in [5, 5.41) is 8.99. The van der Waals surface area contributed by atoms with E-state index in [0.29, 0.717) is 13.0 Å². The van der Waals surface area contributed by atoms with Crippen LogP contribution in [0.5, 0.6) is 0 Å². The van der Waals surface area contributed by atoms with Crippen LogP contribution in [0.25, 0.3) is 0 Å². The average molecular weight is 372 g/mol. The molecule has 1 aromatic carbocycles. The van der Waals surface area contributed by atoms with Gasteiger partial charge in [-0.3, -0.25) is 0 Å². The van der Waals surface area contributed by atoms with E-state index in [9.17, 15) is 4.79 Å². The highest BCUT2D eigenvalue weighted by molar-refractivity contribution is 14.1. The Kier molecular flexibility index (Phi) is 5.60. The molecule has 4 nitrogen and oxygen atoms in total. The summed E-state index contributed by atoms with van der Waals surface area (Å²) >= 11 is 2.23. The molecule has 0 N–H and O–H groups in total. The first-order valence-electron chi connectivity index (χ1n) is 5.96. The Balaban J connectivity index is 2.56. The Morgan fingerprint density at radius 1 is 1.37 bits per heavy atom. The summed E-state index contributed by atoms with van der Waals surface area (Å²) < 4.78 is 6.32. The zero-order valence-corrected chi connectivity index (χ0v) is 13.5. The van der Waals surface area contributed by atoms with Crippen molar-refractivity contribution < 1.29 is 9.53 Å². The highest BCUT2D eigenvalue weighted by Crippen LogP contribution is 2.11. The van der Waals surface area contributed by atoms with Gasteiger partial charge in [0.25, 0.3) is 0 Å². The minimum absolute atomic E-state index is 0.325. The van der Waals surface area contributed by atoms with Crippen molar-refractivity contribution in [1.82, 2.24) is 4.90 Å². The number of nitriles is 1. The predicted octanol–water partition coefficient (Wildman–Crippen LogP) is 3.55. The molecule has 0 aliphatic carbocycles. The Bertz CT molecular complexity index is 472. The smallest absolute Gasteiger partial charge is 0.423 e. The minimum atomic E-state index is -0.597. The molecule has 0 aliphatic rings. The molecule has 102 valence electrons. The molecule has 0 saturated carbocycles. The van der Waals surface area contributed by atoms with Crippen molar-refractivity contribution in [2.45, 2.75) is 32.8 Å². The van der Waals surface area contributed by atoms with Gasteiger partial charge in [-0.1, -0.05) is 12.1 Å². The molecule has 0 fully saturated rings. The van der Waals surface area contributed by atoms with E-state index in [1.165, 1.54) is 0 Å². The van der Waals surface area contributed by atoms with Gasteiger partial charge in [-0.2, -0.15) is 5.26 Å². The second kappa shape index (κ2) is 6.75. The molecule has 1 aromatic rings. The van der Waals surface area contributed by atoms with Gasteiger partial charge in [-0.05, 0) is 67.5 Å². The summed E-state index contributed by atoms with van der Waals surface area (Å²) in [6, 6.07) is 7.99. The SMILES string of the molecule is CC(C)(C)OC(=O)N(C#N)CCc1ccc(I)cc1. The molecule has 0 aromatic heterocycles. The molecule has 0 saturated heterocycles. The maximum atomic E-state index is 11.7. The van der Waals surface area contributed by atoms with Crippen molar-refractivity contribution >= 4 is 28.7 Å². The number of halogens is 1. The van der Waals surface area contributed by atoms with E-state index in [-0.39, 0.29) is 0 Å². The Labute approximate surface area is 127 Å². The molecule has 1 amide bonds. The normalized spacial score (nSPS) is 10.7. The van der Waals surface area contributed by atoms with Crippen molar-refractivity contribution in [2.24, 2.45) is 0 Å². The van der Waals surface area contributed by atoms with Crippen LogP contribution in [0, 0.1) is 15.0 Å². The molecular formula is C14H17IN2O2. The lowest BCUT2D eigenvalue weighted by molar-refractivity contribution is 0.0350. The van der Waals surface area contributed by atoms with Crippen molar-refractivity contribution in [3.05, 3.63) is 33.4 Å². The first-order chi connectivity index (χ1) is 8.81. The number of carbonyl (C=O) groups excluding carboxylic acids is 1. The van der Waals surface area contributed by atoms with Gasteiger partial charge in [0.2, 0.25) is 0 Å². The highest BCUT2D eigenvalue weighted by Gasteiger charge is 2.21. The summed E-state index contributed by atoms with van der Waals surface area (Å²) in [7, 11) is 0. The monoisotopic (exact) mass is 372 g/mol. The minimum Gasteiger partial charge on any atom is -0.443 e. The number of benzene rings is 1. The Morgan fingerprint density at radius 2 is 1.95 bits per heavy atom. The van der Waals surface area contributed by atoms with E-state index >= 15 is 0 Å². The van der Waals surface area contributed by atoms with Crippen molar-refractivity contribution in [2.75, 3.05) is 6.54 Å². The molecule has 0 spiro atoms. The second-order valence-corrected chi connectivity index (χ2v) is 6.35. The third-order valence-electron chi connectivity index (χ3n) is 2.27. The fourth-order valence-corrected chi connectivity index (χ4v) is 1.75. The van der Waals surface area contributed by atoms with Gasteiger partial charge >= 0.3 is 6.09 Å². The molecule has 0 heterocycles. The topological polar surface area (TPSA) is 53.3 Å². The number of hydrogen-bond acceptors (Lipinski definition) is 3. The van der Waals surface area contributed by atoms with Crippen LogP contribution in [0.4, 0.5) is 4.79 Å². The first-order valence-corrected chi connectivity index (χ1v) is 7.04. The lowest BCUT2D eigenvalue weighted by Gasteiger charge is -2.22. The average Bonchev–Trinajstić information content (AvgIpc) is 2.30. The molecular weight excluding hydrogens is 355 g/mol. The summed E-state index contributed by atoms with van der Waals surface area (Å²) in [6.45, 7) is 5.66. The molecule has 0 aliphatic heterocycles. The zero-order chi connectivity index (χ0) is 14.5. The van der Waals surface area contributed by atoms with Gasteiger partial charge in [0.1, 0.15) is 5.60 Å². The second-order valence-electron chi connectivity index (χ2n) is 5.11. The van der Waals surface area contributed by atoms with Crippen LogP contribution < -0.4 is 0 Å². The lowest BCUT2D eigenvalue weighted by atomic mass is 10.1. The van der Waals surface area contributed by atoms with Crippen LogP contribution in [0.15, 0.2) is 24.3 Å². The van der Waals surface area contributed by atoms with Gasteiger partial charge < -0.3 is 4.74 Å². The molecule has 5 heteroatoms. The van der Waals surface area contributed by atoms with Crippen molar-refractivity contribution in [1.29, 1.82) is 5.26 Å². The number of amides is 1. The summed E-state index contributed by atoms with van der Waals surface area (Å²) in [4.78, 5) is 12.8. The summed E-state index contributed by atoms with van der Waals surface area (Å²) in [5.41, 5.74) is 0.499. The molecule has 19 heavy (non-hydrogen) atoms. The number of hydrogen-bond donors (Lipinski definition) is 0. The van der Waals surface area contributed by atoms with Crippen LogP contribution in [0.2, 0.25) is 0 Å². The molecule has 0 atom stereocenters. The number of nitrogens with zero attached hydrogens (tertiary/aromatic N) is 2. The van der Waals surface area contributed by atoms with Crippen LogP contribution in [-0.4, -0.2) is 23.1 Å². The van der Waals surface area contributed by atoms with E-state index in [1.54, 1.807) is 20.8 Å². The quantitative estimate of drug-likeness (QED) is 0.463. The van der Waals surface area contributed by atoms with E-state index in [4.69, 9.17) is 10.00 Å². The van der Waals surface area contributed by atoms with E-state index in [0.717, 1.165) is 14.0 Å². The van der Waals surface area contributed by atoms with E-state index in [1.807, 2.05) is 30.5 Å². The van der Waals surface area contributed by atoms with Gasteiger partial charge in [-0.15, -0.1) is 0 Å². The molecule has 0 unspecified atom stereocenters. The van der Waals surface area contributed by atoms with Crippen LogP contribution in [-0.2, 0) is 11.2 Å². The Morgan fingerprint density at radius 3 is 2.42 bits per heavy atom. The molecule has 0 radical (unpaired) electrons. The number of carbonyl (C=O) groups is 1. The van der Waals surface area contributed by atoms with Gasteiger partial charge in [0.05, 0.1) is 0 Å². The van der Waals surface area contributed by atoms with Crippen LogP contribution in [0.3, 0.4) is 0 Å². The first kappa shape index (κ1) is 15.8. The van der Waals surface area contributed by atoms with Crippen molar-refractivity contribution in [3.8, 4) is 6.19 Å². The Hall–Kier alpha value is -1.29. The fraction of sp³-hybridized carbons (Fsp3) is 0.429. The molecule has 0 bridgehead atoms. The van der Waals surface area contributed by atoms with Gasteiger partial charge in [0.15, 0.2) is 6.19 Å².